The fraction of sp³-hybridized carbons (Fsp3) is 0.261. The van der Waals surface area contributed by atoms with Gasteiger partial charge in [0.1, 0.15) is 0 Å². The van der Waals surface area contributed by atoms with E-state index < -0.39 is 0 Å². The van der Waals surface area contributed by atoms with E-state index in [0.29, 0.717) is 17.0 Å². The van der Waals surface area contributed by atoms with Gasteiger partial charge in [-0.05, 0) is 17.7 Å². The minimum absolute atomic E-state index is 0.00966. The Labute approximate surface area is 184 Å². The van der Waals surface area contributed by atoms with Crippen LogP contribution in [0.5, 0.6) is 0 Å². The summed E-state index contributed by atoms with van der Waals surface area (Å²) in [5, 5.41) is 0.948. The number of amides is 1. The minimum atomic E-state index is -0.0325. The van der Waals surface area contributed by atoms with Gasteiger partial charge in [-0.25, -0.2) is 4.98 Å². The van der Waals surface area contributed by atoms with E-state index in [1.807, 2.05) is 60.7 Å². The van der Waals surface area contributed by atoms with E-state index in [1.54, 1.807) is 28.3 Å². The second-order valence-electron chi connectivity index (χ2n) is 7.26. The summed E-state index contributed by atoms with van der Waals surface area (Å²) in [6.45, 7) is 2.55. The largest absolute Gasteiger partial charge is 0.315 e. The summed E-state index contributed by atoms with van der Waals surface area (Å²) in [6, 6.07) is 19.4. The van der Waals surface area contributed by atoms with Crippen molar-refractivity contribution in [3.05, 3.63) is 82.3 Å². The molecule has 154 valence electrons. The Morgan fingerprint density at radius 2 is 1.83 bits per heavy atom. The first-order valence-corrected chi connectivity index (χ1v) is 11.7. The van der Waals surface area contributed by atoms with Gasteiger partial charge in [0.25, 0.3) is 5.56 Å². The molecule has 0 saturated heterocycles. The van der Waals surface area contributed by atoms with E-state index in [-0.39, 0.29) is 17.2 Å². The first-order chi connectivity index (χ1) is 14.5. The highest BCUT2D eigenvalue weighted by atomic mass is 32.2. The Morgan fingerprint density at radius 3 is 2.53 bits per heavy atom. The third-order valence-electron chi connectivity index (χ3n) is 4.99. The molecule has 1 atom stereocenters. The molecule has 30 heavy (non-hydrogen) atoms. The van der Waals surface area contributed by atoms with E-state index in [0.717, 1.165) is 28.3 Å². The summed E-state index contributed by atoms with van der Waals surface area (Å²) in [6.07, 6.45) is 0.785. The van der Waals surface area contributed by atoms with Gasteiger partial charge in [0.05, 0.1) is 22.9 Å². The molecule has 3 aromatic rings. The molecule has 0 saturated carbocycles. The van der Waals surface area contributed by atoms with Gasteiger partial charge in [-0.15, -0.1) is 11.8 Å². The topological polar surface area (TPSA) is 55.2 Å². The SMILES string of the molecule is CC1Cc2nc(SCC(=O)N(C)c3ccccc3)n(Cc3ccccc3)c(=O)c2S1. The maximum absolute atomic E-state index is 13.2. The average molecular weight is 438 g/mol. The number of benzene rings is 2. The van der Waals surface area contributed by atoms with Crippen molar-refractivity contribution in [2.45, 2.75) is 35.2 Å². The lowest BCUT2D eigenvalue weighted by Gasteiger charge is -2.18. The predicted octanol–water partition coefficient (Wildman–Crippen LogP) is 4.08. The number of carbonyl (C=O) groups excluding carboxylic acids is 1. The van der Waals surface area contributed by atoms with Crippen LogP contribution in [0.25, 0.3) is 0 Å². The summed E-state index contributed by atoms with van der Waals surface area (Å²) < 4.78 is 1.71. The Hall–Kier alpha value is -2.51. The van der Waals surface area contributed by atoms with Gasteiger partial charge in [0.2, 0.25) is 5.91 Å². The first-order valence-electron chi connectivity index (χ1n) is 9.81. The maximum atomic E-state index is 13.2. The number of hydrogen-bond acceptors (Lipinski definition) is 5. The summed E-state index contributed by atoms with van der Waals surface area (Å²) in [4.78, 5) is 33.1. The van der Waals surface area contributed by atoms with Crippen molar-refractivity contribution < 1.29 is 4.79 Å². The quantitative estimate of drug-likeness (QED) is 0.430. The Bertz CT molecular complexity index is 1100. The third-order valence-corrected chi connectivity index (χ3v) is 7.16. The smallest absolute Gasteiger partial charge is 0.268 e. The van der Waals surface area contributed by atoms with Gasteiger partial charge in [0, 0.05) is 24.4 Å². The number of thioether (sulfide) groups is 2. The van der Waals surface area contributed by atoms with E-state index in [1.165, 1.54) is 11.8 Å². The maximum Gasteiger partial charge on any atom is 0.268 e. The molecule has 7 heteroatoms. The Kier molecular flexibility index (Phi) is 6.29. The molecule has 0 fully saturated rings. The average Bonchev–Trinajstić information content (AvgIpc) is 3.15. The molecule has 0 spiro atoms. The van der Waals surface area contributed by atoms with Crippen molar-refractivity contribution in [3.63, 3.8) is 0 Å². The van der Waals surface area contributed by atoms with Crippen molar-refractivity contribution in [3.8, 4) is 0 Å². The molecule has 2 aromatic carbocycles. The molecule has 1 amide bonds. The number of fused-ring (bicyclic) bond motifs is 1. The van der Waals surface area contributed by atoms with Gasteiger partial charge >= 0.3 is 0 Å². The highest BCUT2D eigenvalue weighted by Crippen LogP contribution is 2.34. The third kappa shape index (κ3) is 4.47. The standard InChI is InChI=1S/C23H23N3O2S2/c1-16-13-19-21(30-16)22(28)26(14-17-9-5-3-6-10-17)23(24-19)29-15-20(27)25(2)18-11-7-4-8-12-18/h3-12,16H,13-15H2,1-2H3. The van der Waals surface area contributed by atoms with Crippen molar-refractivity contribution in [2.24, 2.45) is 0 Å². The van der Waals surface area contributed by atoms with Crippen LogP contribution in [-0.4, -0.2) is 33.5 Å². The van der Waals surface area contributed by atoms with Crippen LogP contribution in [0.3, 0.4) is 0 Å². The molecule has 0 N–H and O–H groups in total. The lowest BCUT2D eigenvalue weighted by molar-refractivity contribution is -0.115. The van der Waals surface area contributed by atoms with E-state index in [2.05, 4.69) is 6.92 Å². The summed E-state index contributed by atoms with van der Waals surface area (Å²) in [5.74, 6) is 0.184. The van der Waals surface area contributed by atoms with Gasteiger partial charge in [0.15, 0.2) is 5.16 Å². The Balaban J connectivity index is 1.60. The van der Waals surface area contributed by atoms with Gasteiger partial charge in [-0.2, -0.15) is 0 Å². The van der Waals surface area contributed by atoms with Crippen LogP contribution < -0.4 is 10.5 Å². The van der Waals surface area contributed by atoms with E-state index >= 15 is 0 Å². The number of anilines is 1. The lowest BCUT2D eigenvalue weighted by Crippen LogP contribution is -2.29. The van der Waals surface area contributed by atoms with Gasteiger partial charge < -0.3 is 4.90 Å². The summed E-state index contributed by atoms with van der Waals surface area (Å²) >= 11 is 2.93. The molecule has 2 heterocycles. The molecule has 1 unspecified atom stereocenters. The first kappa shape index (κ1) is 20.8. The second kappa shape index (κ2) is 9.10. The van der Waals surface area contributed by atoms with Crippen LogP contribution in [0.1, 0.15) is 18.2 Å². The van der Waals surface area contributed by atoms with Crippen LogP contribution in [0.2, 0.25) is 0 Å². The van der Waals surface area contributed by atoms with Crippen LogP contribution in [0.4, 0.5) is 5.69 Å². The molecule has 4 rings (SSSR count). The van der Waals surface area contributed by atoms with Crippen LogP contribution >= 0.6 is 23.5 Å². The van der Waals surface area contributed by atoms with Crippen molar-refractivity contribution in [1.29, 1.82) is 0 Å². The zero-order chi connectivity index (χ0) is 21.1. The number of nitrogens with zero attached hydrogens (tertiary/aromatic N) is 3. The fourth-order valence-electron chi connectivity index (χ4n) is 3.37. The molecule has 1 aromatic heterocycles. The zero-order valence-electron chi connectivity index (χ0n) is 16.9. The van der Waals surface area contributed by atoms with Crippen molar-refractivity contribution in [1.82, 2.24) is 9.55 Å². The molecular weight excluding hydrogens is 414 g/mol. The van der Waals surface area contributed by atoms with Gasteiger partial charge in [-0.3, -0.25) is 14.2 Å². The van der Waals surface area contributed by atoms with Crippen molar-refractivity contribution in [2.75, 3.05) is 17.7 Å². The normalized spacial score (nSPS) is 15.1. The highest BCUT2D eigenvalue weighted by molar-refractivity contribution is 8.00. The molecule has 1 aliphatic heterocycles. The van der Waals surface area contributed by atoms with Crippen LogP contribution in [0, 0.1) is 0 Å². The molecular formula is C23H23N3O2S2. The number of carbonyl (C=O) groups is 1. The Morgan fingerprint density at radius 1 is 1.17 bits per heavy atom. The number of aromatic nitrogens is 2. The number of hydrogen-bond donors (Lipinski definition) is 0. The lowest BCUT2D eigenvalue weighted by atomic mass is 10.2. The minimum Gasteiger partial charge on any atom is -0.315 e. The number of para-hydroxylation sites is 1. The predicted molar refractivity (Wildman–Crippen MR) is 124 cm³/mol. The zero-order valence-corrected chi connectivity index (χ0v) is 18.6. The molecule has 1 aliphatic rings. The molecule has 5 nitrogen and oxygen atoms in total. The van der Waals surface area contributed by atoms with Crippen LogP contribution in [0.15, 0.2) is 75.5 Å². The van der Waals surface area contributed by atoms with Crippen LogP contribution in [-0.2, 0) is 17.8 Å². The molecule has 0 bridgehead atoms. The van der Waals surface area contributed by atoms with E-state index in [4.69, 9.17) is 4.98 Å². The van der Waals surface area contributed by atoms with Crippen molar-refractivity contribution >= 4 is 35.1 Å². The monoisotopic (exact) mass is 437 g/mol. The second-order valence-corrected chi connectivity index (χ2v) is 9.65. The highest BCUT2D eigenvalue weighted by Gasteiger charge is 2.26. The fourth-order valence-corrected chi connectivity index (χ4v) is 5.41. The summed E-state index contributed by atoms with van der Waals surface area (Å²) in [5.41, 5.74) is 2.72. The van der Waals surface area contributed by atoms with E-state index in [9.17, 15) is 9.59 Å². The summed E-state index contributed by atoms with van der Waals surface area (Å²) in [7, 11) is 1.77. The van der Waals surface area contributed by atoms with Gasteiger partial charge in [-0.1, -0.05) is 67.2 Å². The molecule has 0 aliphatic carbocycles. The number of rotatable bonds is 6. The molecule has 0 radical (unpaired) electrons.